The quantitative estimate of drug-likeness (QED) is 0.243. The monoisotopic (exact) mass is 216 g/mol. The minimum absolute atomic E-state index is 0.203. The third-order valence-electron chi connectivity index (χ3n) is 1.81. The zero-order chi connectivity index (χ0) is 11.9. The smallest absolute Gasteiger partial charge is 0.268 e. The summed E-state index contributed by atoms with van der Waals surface area (Å²) in [6.07, 6.45) is 2.03. The SMILES string of the molecule is CN/C(=N\[N+](=O)[O-])NCCCC(C)(C)C. The maximum Gasteiger partial charge on any atom is 0.268 e. The molecule has 0 atom stereocenters. The van der Waals surface area contributed by atoms with Crippen molar-refractivity contribution in [1.82, 2.24) is 10.6 Å². The number of rotatable bonds is 4. The van der Waals surface area contributed by atoms with Gasteiger partial charge in [-0.05, 0) is 18.3 Å². The van der Waals surface area contributed by atoms with E-state index < -0.39 is 5.03 Å². The minimum atomic E-state index is -0.720. The van der Waals surface area contributed by atoms with Gasteiger partial charge in [-0.25, -0.2) is 10.1 Å². The van der Waals surface area contributed by atoms with E-state index in [2.05, 4.69) is 36.5 Å². The first-order valence-corrected chi connectivity index (χ1v) is 5.00. The maximum atomic E-state index is 10.1. The largest absolute Gasteiger partial charge is 0.354 e. The Balaban J connectivity index is 3.79. The van der Waals surface area contributed by atoms with Gasteiger partial charge in [0.05, 0.1) is 0 Å². The van der Waals surface area contributed by atoms with Gasteiger partial charge in [0.1, 0.15) is 5.10 Å². The molecule has 0 bridgehead atoms. The standard InChI is InChI=1S/C9H20N4O2/c1-9(2,3)6-5-7-11-8(10-4)12-13(14)15/h5-7H2,1-4H3,(H2,10,11,12). The summed E-state index contributed by atoms with van der Waals surface area (Å²) in [6, 6.07) is 0. The lowest BCUT2D eigenvalue weighted by molar-refractivity contribution is -0.485. The third-order valence-corrected chi connectivity index (χ3v) is 1.81. The van der Waals surface area contributed by atoms with Crippen LogP contribution in [0.3, 0.4) is 0 Å². The molecule has 0 aromatic rings. The Labute approximate surface area is 90.3 Å². The molecule has 88 valence electrons. The molecular weight excluding hydrogens is 196 g/mol. The van der Waals surface area contributed by atoms with E-state index >= 15 is 0 Å². The van der Waals surface area contributed by atoms with Gasteiger partial charge < -0.3 is 10.6 Å². The van der Waals surface area contributed by atoms with Crippen LogP contribution in [0, 0.1) is 15.5 Å². The van der Waals surface area contributed by atoms with Crippen molar-refractivity contribution in [3.8, 4) is 0 Å². The number of hydrogen-bond acceptors (Lipinski definition) is 2. The molecule has 0 aliphatic rings. The molecule has 0 radical (unpaired) electrons. The predicted octanol–water partition coefficient (Wildman–Crippen LogP) is 1.17. The Morgan fingerprint density at radius 1 is 1.47 bits per heavy atom. The summed E-state index contributed by atoms with van der Waals surface area (Å²) in [5.74, 6) is 0.203. The van der Waals surface area contributed by atoms with Crippen LogP contribution in [0.15, 0.2) is 5.10 Å². The average molecular weight is 216 g/mol. The Morgan fingerprint density at radius 2 is 2.07 bits per heavy atom. The molecule has 0 aromatic carbocycles. The van der Waals surface area contributed by atoms with E-state index in [1.165, 1.54) is 0 Å². The van der Waals surface area contributed by atoms with Crippen molar-refractivity contribution in [3.63, 3.8) is 0 Å². The molecule has 0 spiro atoms. The Morgan fingerprint density at radius 3 is 2.47 bits per heavy atom. The van der Waals surface area contributed by atoms with Crippen LogP contribution in [0.1, 0.15) is 33.6 Å². The van der Waals surface area contributed by atoms with Crippen LogP contribution >= 0.6 is 0 Å². The topological polar surface area (TPSA) is 79.6 Å². The normalized spacial score (nSPS) is 12.4. The fourth-order valence-corrected chi connectivity index (χ4v) is 1.08. The molecule has 0 aliphatic heterocycles. The highest BCUT2D eigenvalue weighted by Crippen LogP contribution is 2.19. The second-order valence-corrected chi connectivity index (χ2v) is 4.53. The molecule has 0 heterocycles. The van der Waals surface area contributed by atoms with Crippen molar-refractivity contribution in [2.75, 3.05) is 13.6 Å². The third kappa shape index (κ3) is 8.99. The van der Waals surface area contributed by atoms with E-state index in [1.54, 1.807) is 7.05 Å². The van der Waals surface area contributed by atoms with Crippen molar-refractivity contribution in [2.24, 2.45) is 10.5 Å². The molecule has 6 heteroatoms. The van der Waals surface area contributed by atoms with Gasteiger partial charge in [-0.2, -0.15) is 0 Å². The lowest BCUT2D eigenvalue weighted by atomic mass is 9.91. The molecule has 2 N–H and O–H groups in total. The number of nitrogens with zero attached hydrogens (tertiary/aromatic N) is 2. The second kappa shape index (κ2) is 6.21. The van der Waals surface area contributed by atoms with Crippen molar-refractivity contribution in [1.29, 1.82) is 0 Å². The summed E-state index contributed by atoms with van der Waals surface area (Å²) in [6.45, 7) is 7.18. The van der Waals surface area contributed by atoms with Crippen molar-refractivity contribution >= 4 is 5.96 Å². The first kappa shape index (κ1) is 13.7. The van der Waals surface area contributed by atoms with E-state index in [-0.39, 0.29) is 5.96 Å². The van der Waals surface area contributed by atoms with Crippen LogP contribution in [0.25, 0.3) is 0 Å². The first-order chi connectivity index (χ1) is 6.85. The zero-order valence-corrected chi connectivity index (χ0v) is 9.83. The van der Waals surface area contributed by atoms with E-state index in [9.17, 15) is 10.1 Å². The van der Waals surface area contributed by atoms with Gasteiger partial charge in [-0.15, -0.1) is 0 Å². The van der Waals surface area contributed by atoms with Crippen molar-refractivity contribution in [2.45, 2.75) is 33.6 Å². The highest BCUT2D eigenvalue weighted by atomic mass is 16.7. The van der Waals surface area contributed by atoms with Gasteiger partial charge in [0.2, 0.25) is 0 Å². The summed E-state index contributed by atoms with van der Waals surface area (Å²) in [7, 11) is 1.60. The fourth-order valence-electron chi connectivity index (χ4n) is 1.08. The van der Waals surface area contributed by atoms with Gasteiger partial charge in [-0.1, -0.05) is 20.8 Å². The predicted molar refractivity (Wildman–Crippen MR) is 60.2 cm³/mol. The molecular formula is C9H20N4O2. The van der Waals surface area contributed by atoms with Gasteiger partial charge in [0.15, 0.2) is 5.03 Å². The summed E-state index contributed by atoms with van der Waals surface area (Å²) < 4.78 is 0. The molecule has 0 unspecified atom stereocenters. The lowest BCUT2D eigenvalue weighted by Gasteiger charge is -2.17. The summed E-state index contributed by atoms with van der Waals surface area (Å²) in [5.41, 5.74) is 0.293. The summed E-state index contributed by atoms with van der Waals surface area (Å²) >= 11 is 0. The van der Waals surface area contributed by atoms with E-state index in [1.807, 2.05) is 0 Å². The highest BCUT2D eigenvalue weighted by Gasteiger charge is 2.09. The average Bonchev–Trinajstić information content (AvgIpc) is 2.08. The van der Waals surface area contributed by atoms with Crippen LogP contribution in [0.2, 0.25) is 0 Å². The molecule has 0 saturated carbocycles. The fraction of sp³-hybridized carbons (Fsp3) is 0.889. The van der Waals surface area contributed by atoms with E-state index in [0.717, 1.165) is 12.8 Å². The summed E-state index contributed by atoms with van der Waals surface area (Å²) in [5, 5.41) is 18.0. The Bertz CT molecular complexity index is 233. The van der Waals surface area contributed by atoms with Crippen LogP contribution in [-0.4, -0.2) is 24.6 Å². The first-order valence-electron chi connectivity index (χ1n) is 5.00. The molecule has 0 amide bonds. The molecule has 0 saturated heterocycles. The molecule has 0 aromatic heterocycles. The van der Waals surface area contributed by atoms with Gasteiger partial charge in [-0.3, -0.25) is 0 Å². The molecule has 6 nitrogen and oxygen atoms in total. The van der Waals surface area contributed by atoms with Crippen LogP contribution in [0.4, 0.5) is 0 Å². The lowest BCUT2D eigenvalue weighted by Crippen LogP contribution is -2.36. The number of nitro groups is 1. The molecule has 0 rings (SSSR count). The van der Waals surface area contributed by atoms with E-state index in [0.29, 0.717) is 12.0 Å². The number of nitrogens with one attached hydrogen (secondary N) is 2. The Hall–Kier alpha value is -1.33. The van der Waals surface area contributed by atoms with Crippen LogP contribution in [0.5, 0.6) is 0 Å². The van der Waals surface area contributed by atoms with Crippen LogP contribution < -0.4 is 10.6 Å². The zero-order valence-electron chi connectivity index (χ0n) is 9.83. The maximum absolute atomic E-state index is 10.1. The van der Waals surface area contributed by atoms with E-state index in [4.69, 9.17) is 0 Å². The van der Waals surface area contributed by atoms with Crippen LogP contribution in [-0.2, 0) is 0 Å². The minimum Gasteiger partial charge on any atom is -0.354 e. The number of hydrazone groups is 1. The van der Waals surface area contributed by atoms with Gasteiger partial charge >= 0.3 is 0 Å². The van der Waals surface area contributed by atoms with Gasteiger partial charge in [0.25, 0.3) is 5.96 Å². The second-order valence-electron chi connectivity index (χ2n) is 4.53. The molecule has 15 heavy (non-hydrogen) atoms. The Kier molecular flexibility index (Phi) is 5.66. The number of guanidine groups is 1. The van der Waals surface area contributed by atoms with Gasteiger partial charge in [0, 0.05) is 13.6 Å². The van der Waals surface area contributed by atoms with Crippen molar-refractivity contribution < 1.29 is 5.03 Å². The number of hydrogen-bond donors (Lipinski definition) is 2. The molecule has 0 fully saturated rings. The summed E-state index contributed by atoms with van der Waals surface area (Å²) in [4.78, 5) is 10.1. The highest BCUT2D eigenvalue weighted by molar-refractivity contribution is 5.78. The molecule has 0 aliphatic carbocycles. The van der Waals surface area contributed by atoms with Crippen molar-refractivity contribution in [3.05, 3.63) is 10.1 Å².